The van der Waals surface area contributed by atoms with Crippen LogP contribution in [0.15, 0.2) is 60.9 Å². The number of hydrogen-bond donors (Lipinski definition) is 1. The minimum absolute atomic E-state index is 0.00485. The molecule has 2 aliphatic heterocycles. The van der Waals surface area contributed by atoms with Gasteiger partial charge >= 0.3 is 0 Å². The van der Waals surface area contributed by atoms with E-state index in [1.54, 1.807) is 25.4 Å². The van der Waals surface area contributed by atoms with E-state index in [-0.39, 0.29) is 30.5 Å². The average Bonchev–Trinajstić information content (AvgIpc) is 3.01. The minimum atomic E-state index is -0.00485. The van der Waals surface area contributed by atoms with Gasteiger partial charge in [0.2, 0.25) is 11.9 Å². The molecular weight excluding hydrogens is 506 g/mol. The van der Waals surface area contributed by atoms with E-state index in [1.807, 2.05) is 4.90 Å². The Bertz CT molecular complexity index is 1340. The van der Waals surface area contributed by atoms with Gasteiger partial charge in [-0.2, -0.15) is 0 Å². The van der Waals surface area contributed by atoms with Gasteiger partial charge in [-0.25, -0.2) is 15.0 Å². The van der Waals surface area contributed by atoms with E-state index in [0.717, 1.165) is 60.1 Å². The SMILES string of the molecule is CC=CC(=O)CCC(=O)N1CCN(c2ccc(-c3cc(-c4cnc(N)nc4)nc(N4CCOCC4)c3)cc2)CC1. The van der Waals surface area contributed by atoms with Crippen molar-refractivity contribution in [1.29, 1.82) is 0 Å². The van der Waals surface area contributed by atoms with E-state index in [0.29, 0.717) is 26.3 Å². The Kier molecular flexibility index (Phi) is 8.65. The number of nitrogen functional groups attached to an aromatic ring is 1. The quantitative estimate of drug-likeness (QED) is 0.429. The van der Waals surface area contributed by atoms with E-state index < -0.39 is 0 Å². The highest BCUT2D eigenvalue weighted by Crippen LogP contribution is 2.31. The molecule has 208 valence electrons. The second kappa shape index (κ2) is 12.7. The molecule has 0 bridgehead atoms. The number of carbonyl (C=O) groups excluding carboxylic acids is 2. The van der Waals surface area contributed by atoms with Crippen LogP contribution >= 0.6 is 0 Å². The third kappa shape index (κ3) is 6.63. The second-order valence-corrected chi connectivity index (χ2v) is 9.91. The molecule has 2 N–H and O–H groups in total. The molecule has 2 aliphatic rings. The molecule has 10 nitrogen and oxygen atoms in total. The van der Waals surface area contributed by atoms with E-state index >= 15 is 0 Å². The Morgan fingerprint density at radius 1 is 0.875 bits per heavy atom. The van der Waals surface area contributed by atoms with Crippen LogP contribution in [0.3, 0.4) is 0 Å². The number of nitrogens with two attached hydrogens (primary N) is 1. The molecule has 1 amide bonds. The summed E-state index contributed by atoms with van der Waals surface area (Å²) >= 11 is 0. The minimum Gasteiger partial charge on any atom is -0.378 e. The largest absolute Gasteiger partial charge is 0.378 e. The molecule has 0 radical (unpaired) electrons. The summed E-state index contributed by atoms with van der Waals surface area (Å²) in [5, 5.41) is 0. The molecule has 4 heterocycles. The van der Waals surface area contributed by atoms with Crippen molar-refractivity contribution in [2.24, 2.45) is 0 Å². The van der Waals surface area contributed by atoms with Gasteiger partial charge in [-0.1, -0.05) is 18.2 Å². The van der Waals surface area contributed by atoms with Crippen LogP contribution in [-0.2, 0) is 14.3 Å². The lowest BCUT2D eigenvalue weighted by atomic mass is 10.0. The monoisotopic (exact) mass is 541 g/mol. The first-order valence-corrected chi connectivity index (χ1v) is 13.7. The highest BCUT2D eigenvalue weighted by Gasteiger charge is 2.22. The van der Waals surface area contributed by atoms with Gasteiger partial charge in [0.1, 0.15) is 5.82 Å². The summed E-state index contributed by atoms with van der Waals surface area (Å²) in [6.45, 7) is 7.54. The summed E-state index contributed by atoms with van der Waals surface area (Å²) in [6.07, 6.45) is 7.16. The Hall–Kier alpha value is -4.31. The number of ketones is 1. The summed E-state index contributed by atoms with van der Waals surface area (Å²) in [5.74, 6) is 1.16. The maximum Gasteiger partial charge on any atom is 0.223 e. The number of ether oxygens (including phenoxy) is 1. The molecule has 5 rings (SSSR count). The Labute approximate surface area is 234 Å². The predicted molar refractivity (Wildman–Crippen MR) is 156 cm³/mol. The number of nitrogens with zero attached hydrogens (tertiary/aromatic N) is 6. The number of carbonyl (C=O) groups is 2. The molecule has 2 saturated heterocycles. The standard InChI is InChI=1S/C30H35N7O3/c1-2-3-26(38)8-9-29(39)37-12-10-35(11-13-37)25-6-4-22(5-7-25)23-18-27(24-20-32-30(31)33-21-24)34-28(19-23)36-14-16-40-17-15-36/h2-7,18-21H,8-17H2,1H3,(H2,31,32,33). The molecule has 3 aromatic rings. The molecule has 0 saturated carbocycles. The first kappa shape index (κ1) is 27.3. The highest BCUT2D eigenvalue weighted by atomic mass is 16.5. The lowest BCUT2D eigenvalue weighted by Gasteiger charge is -2.36. The van der Waals surface area contributed by atoms with Crippen molar-refractivity contribution in [2.75, 3.05) is 68.0 Å². The summed E-state index contributed by atoms with van der Waals surface area (Å²) < 4.78 is 5.54. The zero-order chi connectivity index (χ0) is 27.9. The topological polar surface area (TPSA) is 118 Å². The van der Waals surface area contributed by atoms with Crippen molar-refractivity contribution in [1.82, 2.24) is 19.9 Å². The molecule has 2 fully saturated rings. The number of anilines is 3. The van der Waals surface area contributed by atoms with Crippen molar-refractivity contribution < 1.29 is 14.3 Å². The van der Waals surface area contributed by atoms with Crippen LogP contribution in [0.4, 0.5) is 17.5 Å². The van der Waals surface area contributed by atoms with Crippen molar-refractivity contribution in [3.05, 3.63) is 60.9 Å². The van der Waals surface area contributed by atoms with E-state index in [1.165, 1.54) is 6.08 Å². The molecule has 0 spiro atoms. The Morgan fingerprint density at radius 3 is 2.25 bits per heavy atom. The number of rotatable bonds is 8. The maximum absolute atomic E-state index is 12.5. The smallest absolute Gasteiger partial charge is 0.223 e. The molecule has 0 aliphatic carbocycles. The number of benzene rings is 1. The van der Waals surface area contributed by atoms with Crippen LogP contribution < -0.4 is 15.5 Å². The van der Waals surface area contributed by atoms with Gasteiger partial charge < -0.3 is 25.2 Å². The molecule has 0 unspecified atom stereocenters. The van der Waals surface area contributed by atoms with Crippen molar-refractivity contribution in [2.45, 2.75) is 19.8 Å². The first-order valence-electron chi connectivity index (χ1n) is 13.7. The lowest BCUT2D eigenvalue weighted by Crippen LogP contribution is -2.48. The van der Waals surface area contributed by atoms with Crippen LogP contribution in [-0.4, -0.2) is 84.0 Å². The zero-order valence-electron chi connectivity index (χ0n) is 22.8. The molecule has 10 heteroatoms. The number of aromatic nitrogens is 3. The van der Waals surface area contributed by atoms with Crippen LogP contribution in [0.5, 0.6) is 0 Å². The molecule has 2 aromatic heterocycles. The number of allylic oxidation sites excluding steroid dienone is 2. The van der Waals surface area contributed by atoms with Crippen molar-refractivity contribution in [3.8, 4) is 22.4 Å². The van der Waals surface area contributed by atoms with Gasteiger partial charge in [-0.15, -0.1) is 0 Å². The van der Waals surface area contributed by atoms with Crippen LogP contribution in [0.2, 0.25) is 0 Å². The van der Waals surface area contributed by atoms with Crippen LogP contribution in [0.1, 0.15) is 19.8 Å². The normalized spacial score (nSPS) is 16.0. The fourth-order valence-corrected chi connectivity index (χ4v) is 4.99. The third-order valence-corrected chi connectivity index (χ3v) is 7.25. The van der Waals surface area contributed by atoms with Gasteiger partial charge in [-0.05, 0) is 48.4 Å². The Balaban J connectivity index is 1.29. The molecule has 1 aromatic carbocycles. The van der Waals surface area contributed by atoms with Crippen LogP contribution in [0, 0.1) is 0 Å². The third-order valence-electron chi connectivity index (χ3n) is 7.25. The van der Waals surface area contributed by atoms with Crippen molar-refractivity contribution in [3.63, 3.8) is 0 Å². The van der Waals surface area contributed by atoms with E-state index in [9.17, 15) is 9.59 Å². The van der Waals surface area contributed by atoms with E-state index in [4.69, 9.17) is 15.5 Å². The summed E-state index contributed by atoms with van der Waals surface area (Å²) in [7, 11) is 0. The molecule has 0 atom stereocenters. The number of morpholine rings is 1. The number of amides is 1. The van der Waals surface area contributed by atoms with Gasteiger partial charge in [0, 0.05) is 75.8 Å². The van der Waals surface area contributed by atoms with Crippen molar-refractivity contribution >= 4 is 29.1 Å². The lowest BCUT2D eigenvalue weighted by molar-refractivity contribution is -0.132. The zero-order valence-corrected chi connectivity index (χ0v) is 22.8. The first-order chi connectivity index (χ1) is 19.5. The van der Waals surface area contributed by atoms with Gasteiger partial charge in [0.15, 0.2) is 5.78 Å². The highest BCUT2D eigenvalue weighted by molar-refractivity contribution is 5.92. The van der Waals surface area contributed by atoms with Crippen LogP contribution in [0.25, 0.3) is 22.4 Å². The average molecular weight is 542 g/mol. The number of pyridine rings is 1. The number of hydrogen-bond acceptors (Lipinski definition) is 9. The fourth-order valence-electron chi connectivity index (χ4n) is 4.99. The van der Waals surface area contributed by atoms with E-state index in [2.05, 4.69) is 56.2 Å². The van der Waals surface area contributed by atoms with Gasteiger partial charge in [0.25, 0.3) is 0 Å². The number of piperazine rings is 1. The fraction of sp³-hybridized carbons (Fsp3) is 0.367. The van der Waals surface area contributed by atoms with Gasteiger partial charge in [0.05, 0.1) is 18.9 Å². The predicted octanol–water partition coefficient (Wildman–Crippen LogP) is 3.20. The summed E-state index contributed by atoms with van der Waals surface area (Å²) in [6, 6.07) is 12.7. The summed E-state index contributed by atoms with van der Waals surface area (Å²) in [5.41, 5.74) is 10.6. The molecular formula is C30H35N7O3. The molecule has 40 heavy (non-hydrogen) atoms. The Morgan fingerprint density at radius 2 is 1.57 bits per heavy atom. The summed E-state index contributed by atoms with van der Waals surface area (Å²) in [4.78, 5) is 43.9. The van der Waals surface area contributed by atoms with Gasteiger partial charge in [-0.3, -0.25) is 9.59 Å². The maximum atomic E-state index is 12.5. The second-order valence-electron chi connectivity index (χ2n) is 9.91.